The van der Waals surface area contributed by atoms with Gasteiger partial charge in [-0.3, -0.25) is 0 Å². The number of amidine groups is 1. The van der Waals surface area contributed by atoms with E-state index in [0.29, 0.717) is 10.6 Å². The van der Waals surface area contributed by atoms with E-state index in [4.69, 9.17) is 10.9 Å². The zero-order valence-electron chi connectivity index (χ0n) is 9.69. The summed E-state index contributed by atoms with van der Waals surface area (Å²) in [5.41, 5.74) is 8.32. The maximum absolute atomic E-state index is 8.80. The molecule has 0 saturated carbocycles. The lowest BCUT2D eigenvalue weighted by atomic mass is 10.0. The van der Waals surface area contributed by atoms with Gasteiger partial charge in [0.1, 0.15) is 5.03 Å². The highest BCUT2D eigenvalue weighted by Crippen LogP contribution is 2.23. The zero-order valence-corrected chi connectivity index (χ0v) is 10.5. The Bertz CT molecular complexity index is 406. The van der Waals surface area contributed by atoms with Crippen LogP contribution < -0.4 is 5.73 Å². The summed E-state index contributed by atoms with van der Waals surface area (Å²) in [7, 11) is 0. The van der Waals surface area contributed by atoms with Gasteiger partial charge in [0.25, 0.3) is 0 Å². The molecule has 16 heavy (non-hydrogen) atoms. The maximum Gasteiger partial charge on any atom is 0.173 e. The minimum atomic E-state index is 0.103. The number of hydrogen-bond acceptors (Lipinski definition) is 5. The van der Waals surface area contributed by atoms with Crippen molar-refractivity contribution in [3.05, 3.63) is 16.8 Å². The molecule has 0 aliphatic rings. The van der Waals surface area contributed by atoms with Crippen molar-refractivity contribution in [3.8, 4) is 0 Å². The van der Waals surface area contributed by atoms with Crippen molar-refractivity contribution in [2.75, 3.05) is 6.26 Å². The second kappa shape index (κ2) is 5.69. The van der Waals surface area contributed by atoms with E-state index in [2.05, 4.69) is 15.4 Å². The Kier molecular flexibility index (Phi) is 4.54. The van der Waals surface area contributed by atoms with Gasteiger partial charge in [-0.05, 0) is 24.7 Å². The molecule has 1 rings (SSSR count). The molecule has 1 aromatic heterocycles. The number of aromatic nitrogens is 2. The normalized spacial score (nSPS) is 11.8. The molecule has 0 bridgehead atoms. The van der Waals surface area contributed by atoms with Crippen LogP contribution in [0.2, 0.25) is 0 Å². The molecule has 0 unspecified atom stereocenters. The number of rotatable bonds is 4. The van der Waals surface area contributed by atoms with Gasteiger partial charge in [0, 0.05) is 0 Å². The molecule has 0 aliphatic carbocycles. The highest BCUT2D eigenvalue weighted by atomic mass is 32.2. The molecule has 0 fully saturated rings. The fraction of sp³-hybridized carbons (Fsp3) is 0.500. The number of aryl methyl sites for hydroxylation is 1. The van der Waals surface area contributed by atoms with Crippen molar-refractivity contribution >= 4 is 17.6 Å². The van der Waals surface area contributed by atoms with Crippen LogP contribution >= 0.6 is 11.8 Å². The van der Waals surface area contributed by atoms with Crippen molar-refractivity contribution in [1.29, 1.82) is 0 Å². The molecule has 0 atom stereocenters. The first kappa shape index (κ1) is 12.8. The molecule has 0 aromatic carbocycles. The third-order valence-electron chi connectivity index (χ3n) is 2.37. The minimum Gasteiger partial charge on any atom is -0.409 e. The Hall–Kier alpha value is -1.30. The van der Waals surface area contributed by atoms with E-state index in [1.807, 2.05) is 20.1 Å². The molecular formula is C10H16N4OS. The van der Waals surface area contributed by atoms with E-state index in [0.717, 1.165) is 24.1 Å². The van der Waals surface area contributed by atoms with Crippen LogP contribution in [0.25, 0.3) is 0 Å². The van der Waals surface area contributed by atoms with Crippen LogP contribution in [0.5, 0.6) is 0 Å². The molecule has 6 heteroatoms. The lowest BCUT2D eigenvalue weighted by Crippen LogP contribution is -2.19. The van der Waals surface area contributed by atoms with E-state index in [9.17, 15) is 0 Å². The van der Waals surface area contributed by atoms with Gasteiger partial charge in [0.15, 0.2) is 5.84 Å². The number of hydrogen-bond donors (Lipinski definition) is 2. The summed E-state index contributed by atoms with van der Waals surface area (Å²) in [6.07, 6.45) is 3.47. The molecule has 0 spiro atoms. The summed E-state index contributed by atoms with van der Waals surface area (Å²) in [5, 5.41) is 20.8. The highest BCUT2D eigenvalue weighted by molar-refractivity contribution is 7.98. The Morgan fingerprint density at radius 3 is 2.50 bits per heavy atom. The first-order chi connectivity index (χ1) is 7.69. The second-order valence-electron chi connectivity index (χ2n) is 3.20. The van der Waals surface area contributed by atoms with E-state index in [-0.39, 0.29) is 5.84 Å². The molecule has 0 saturated heterocycles. The van der Waals surface area contributed by atoms with Gasteiger partial charge >= 0.3 is 0 Å². The maximum atomic E-state index is 8.80. The van der Waals surface area contributed by atoms with Crippen LogP contribution in [0, 0.1) is 0 Å². The molecule has 1 heterocycles. The Balaban J connectivity index is 3.49. The zero-order chi connectivity index (χ0) is 12.1. The van der Waals surface area contributed by atoms with Crippen molar-refractivity contribution in [2.45, 2.75) is 31.7 Å². The molecule has 3 N–H and O–H groups in total. The predicted molar refractivity (Wildman–Crippen MR) is 65.1 cm³/mol. The summed E-state index contributed by atoms with van der Waals surface area (Å²) >= 11 is 1.44. The first-order valence-corrected chi connectivity index (χ1v) is 6.32. The molecule has 0 aliphatic heterocycles. The van der Waals surface area contributed by atoms with E-state index in [1.165, 1.54) is 11.8 Å². The summed E-state index contributed by atoms with van der Waals surface area (Å²) in [4.78, 5) is 0. The van der Waals surface area contributed by atoms with Crippen molar-refractivity contribution in [3.63, 3.8) is 0 Å². The number of oxime groups is 1. The van der Waals surface area contributed by atoms with Crippen LogP contribution in [-0.4, -0.2) is 27.5 Å². The van der Waals surface area contributed by atoms with Crippen molar-refractivity contribution in [2.24, 2.45) is 10.9 Å². The monoisotopic (exact) mass is 240 g/mol. The van der Waals surface area contributed by atoms with Crippen LogP contribution in [-0.2, 0) is 12.8 Å². The summed E-state index contributed by atoms with van der Waals surface area (Å²) in [6, 6.07) is 0. The third kappa shape index (κ3) is 2.27. The van der Waals surface area contributed by atoms with Gasteiger partial charge < -0.3 is 10.9 Å². The van der Waals surface area contributed by atoms with Crippen LogP contribution in [0.15, 0.2) is 10.2 Å². The van der Waals surface area contributed by atoms with Crippen molar-refractivity contribution < 1.29 is 5.21 Å². The predicted octanol–water partition coefficient (Wildman–Crippen LogP) is 1.42. The van der Waals surface area contributed by atoms with Gasteiger partial charge in [-0.1, -0.05) is 19.0 Å². The van der Waals surface area contributed by atoms with Gasteiger partial charge in [0.05, 0.1) is 11.3 Å². The Morgan fingerprint density at radius 2 is 2.06 bits per heavy atom. The minimum absolute atomic E-state index is 0.103. The molecule has 1 aromatic rings. The number of nitrogens with zero attached hydrogens (tertiary/aromatic N) is 3. The van der Waals surface area contributed by atoms with Gasteiger partial charge in [-0.15, -0.1) is 16.9 Å². The fourth-order valence-corrected chi connectivity index (χ4v) is 2.17. The summed E-state index contributed by atoms with van der Waals surface area (Å²) < 4.78 is 0. The van der Waals surface area contributed by atoms with E-state index in [1.54, 1.807) is 0 Å². The summed E-state index contributed by atoms with van der Waals surface area (Å²) in [5.74, 6) is 0.103. The lowest BCUT2D eigenvalue weighted by Gasteiger charge is -2.12. The van der Waals surface area contributed by atoms with E-state index >= 15 is 0 Å². The van der Waals surface area contributed by atoms with Gasteiger partial charge in [-0.25, -0.2) is 0 Å². The molecule has 0 radical (unpaired) electrons. The number of thioether (sulfide) groups is 1. The number of nitrogens with two attached hydrogens (primary N) is 1. The smallest absolute Gasteiger partial charge is 0.173 e. The highest BCUT2D eigenvalue weighted by Gasteiger charge is 2.17. The van der Waals surface area contributed by atoms with Crippen LogP contribution in [0.1, 0.15) is 30.7 Å². The standard InChI is InChI=1S/C10H16N4OS/c1-4-6-7(5-2)12-13-10(16-3)8(6)9(11)14-15/h15H,4-5H2,1-3H3,(H2,11,14). The van der Waals surface area contributed by atoms with Crippen molar-refractivity contribution in [1.82, 2.24) is 10.2 Å². The summed E-state index contributed by atoms with van der Waals surface area (Å²) in [6.45, 7) is 4.03. The van der Waals surface area contributed by atoms with Gasteiger partial charge in [0.2, 0.25) is 0 Å². The third-order valence-corrected chi connectivity index (χ3v) is 3.04. The first-order valence-electron chi connectivity index (χ1n) is 5.09. The largest absolute Gasteiger partial charge is 0.409 e. The van der Waals surface area contributed by atoms with Crippen LogP contribution in [0.4, 0.5) is 0 Å². The molecule has 88 valence electrons. The SMILES string of the molecule is CCc1nnc(SC)c(C(N)=NO)c1CC. The van der Waals surface area contributed by atoms with Crippen LogP contribution in [0.3, 0.4) is 0 Å². The fourth-order valence-electron chi connectivity index (χ4n) is 1.61. The molecule has 5 nitrogen and oxygen atoms in total. The average molecular weight is 240 g/mol. The van der Waals surface area contributed by atoms with E-state index < -0.39 is 0 Å². The second-order valence-corrected chi connectivity index (χ2v) is 4.00. The topological polar surface area (TPSA) is 84.4 Å². The quantitative estimate of drug-likeness (QED) is 0.273. The molecular weight excluding hydrogens is 224 g/mol. The Morgan fingerprint density at radius 1 is 1.38 bits per heavy atom. The Labute approximate surface area is 99.1 Å². The van der Waals surface area contributed by atoms with Gasteiger partial charge in [-0.2, -0.15) is 5.10 Å². The lowest BCUT2D eigenvalue weighted by molar-refractivity contribution is 0.318. The molecule has 0 amide bonds. The average Bonchev–Trinajstić information content (AvgIpc) is 2.35.